The Kier molecular flexibility index (Phi) is 8.03. The van der Waals surface area contributed by atoms with E-state index >= 15 is 0 Å². The topological polar surface area (TPSA) is 99.9 Å². The Morgan fingerprint density at radius 3 is 2.71 bits per heavy atom. The fourth-order valence-electron chi connectivity index (χ4n) is 1.62. The van der Waals surface area contributed by atoms with Crippen LogP contribution in [0.3, 0.4) is 0 Å². The normalized spacial score (nSPS) is 13.2. The molecule has 116 valence electrons. The number of carbonyl (C=O) groups excluding carboxylic acids is 2. The van der Waals surface area contributed by atoms with E-state index in [-0.39, 0.29) is 13.3 Å². The summed E-state index contributed by atoms with van der Waals surface area (Å²) < 4.78 is 14.6. The maximum Gasteiger partial charge on any atom is 0.325 e. The lowest BCUT2D eigenvalue weighted by Crippen LogP contribution is -2.40. The zero-order valence-electron chi connectivity index (χ0n) is 11.9. The zero-order chi connectivity index (χ0) is 15.5. The molecule has 0 aromatic heterocycles. The van der Waals surface area contributed by atoms with Crippen LogP contribution in [0.15, 0.2) is 30.3 Å². The fraction of sp³-hybridized carbons (Fsp3) is 0.429. The van der Waals surface area contributed by atoms with Crippen molar-refractivity contribution in [2.24, 2.45) is 5.73 Å². The molecule has 0 saturated carbocycles. The van der Waals surface area contributed by atoms with Crippen molar-refractivity contribution in [3.8, 4) is 0 Å². The Morgan fingerprint density at radius 1 is 1.38 bits per heavy atom. The van der Waals surface area contributed by atoms with E-state index in [1.54, 1.807) is 0 Å². The highest BCUT2D eigenvalue weighted by Gasteiger charge is 2.14. The molecule has 3 N–H and O–H groups in total. The van der Waals surface area contributed by atoms with Crippen LogP contribution in [0, 0.1) is 0 Å². The summed E-state index contributed by atoms with van der Waals surface area (Å²) in [6.07, 6.45) is -0.00863. The van der Waals surface area contributed by atoms with Gasteiger partial charge in [0.1, 0.15) is 6.04 Å². The van der Waals surface area contributed by atoms with Crippen LogP contribution in [-0.4, -0.2) is 45.2 Å². The van der Waals surface area contributed by atoms with E-state index in [4.69, 9.17) is 15.2 Å². The van der Waals surface area contributed by atoms with Crippen LogP contribution in [0.25, 0.3) is 0 Å². The van der Waals surface area contributed by atoms with Gasteiger partial charge in [-0.15, -0.1) is 0 Å². The third kappa shape index (κ3) is 6.84. The second kappa shape index (κ2) is 9.87. The molecular weight excluding hydrogens is 276 g/mol. The maximum atomic E-state index is 11.1. The van der Waals surface area contributed by atoms with Gasteiger partial charge in [0.2, 0.25) is 0 Å². The second-order valence-electron chi connectivity index (χ2n) is 4.26. The molecule has 7 heteroatoms. The number of hydrogen-bond donors (Lipinski definition) is 2. The number of benzene rings is 1. The van der Waals surface area contributed by atoms with Gasteiger partial charge in [0, 0.05) is 6.42 Å². The molecule has 0 aliphatic carbocycles. The molecular formula is C14H20N2O5. The van der Waals surface area contributed by atoms with Crippen molar-refractivity contribution < 1.29 is 23.8 Å². The number of methoxy groups -OCH3 is 1. The summed E-state index contributed by atoms with van der Waals surface area (Å²) in [4.78, 5) is 21.6. The summed E-state index contributed by atoms with van der Waals surface area (Å²) in [7, 11) is 1.26. The third-order valence-electron chi connectivity index (χ3n) is 2.70. The van der Waals surface area contributed by atoms with Crippen LogP contribution >= 0.6 is 0 Å². The van der Waals surface area contributed by atoms with Gasteiger partial charge >= 0.3 is 5.97 Å². The molecule has 0 spiro atoms. The fourth-order valence-corrected chi connectivity index (χ4v) is 1.62. The van der Waals surface area contributed by atoms with Gasteiger partial charge in [0.15, 0.2) is 6.23 Å². The Morgan fingerprint density at radius 2 is 2.10 bits per heavy atom. The average Bonchev–Trinajstić information content (AvgIpc) is 2.51. The minimum atomic E-state index is -0.837. The minimum Gasteiger partial charge on any atom is -0.468 e. The highest BCUT2D eigenvalue weighted by Crippen LogP contribution is 2.03. The SMILES string of the molecule is COC(=O)C(N)COCNC(Cc1ccccc1)OC=O. The quantitative estimate of drug-likeness (QED) is 0.267. The largest absolute Gasteiger partial charge is 0.468 e. The number of nitrogens with two attached hydrogens (primary N) is 1. The Balaban J connectivity index is 2.31. The summed E-state index contributed by atoms with van der Waals surface area (Å²) in [5.74, 6) is -0.542. The van der Waals surface area contributed by atoms with Crippen molar-refractivity contribution >= 4 is 12.4 Å². The summed E-state index contributed by atoms with van der Waals surface area (Å²) in [6, 6.07) is 8.73. The van der Waals surface area contributed by atoms with Gasteiger partial charge in [0.25, 0.3) is 6.47 Å². The lowest BCUT2D eigenvalue weighted by molar-refractivity contribution is -0.143. The van der Waals surface area contributed by atoms with Gasteiger partial charge in [0.05, 0.1) is 20.4 Å². The Labute approximate surface area is 123 Å². The molecule has 0 bridgehead atoms. The lowest BCUT2D eigenvalue weighted by atomic mass is 10.1. The molecule has 0 aliphatic rings. The molecule has 2 unspecified atom stereocenters. The molecule has 0 aliphatic heterocycles. The molecule has 1 rings (SSSR count). The van der Waals surface area contributed by atoms with Gasteiger partial charge in [-0.2, -0.15) is 0 Å². The predicted molar refractivity (Wildman–Crippen MR) is 75.0 cm³/mol. The van der Waals surface area contributed by atoms with Crippen LogP contribution in [0.5, 0.6) is 0 Å². The molecule has 2 atom stereocenters. The van der Waals surface area contributed by atoms with Crippen molar-refractivity contribution in [3.05, 3.63) is 35.9 Å². The minimum absolute atomic E-state index is 0.0127. The summed E-state index contributed by atoms with van der Waals surface area (Å²) in [5.41, 5.74) is 6.53. The Hall–Kier alpha value is -1.96. The molecule has 0 amide bonds. The molecule has 0 radical (unpaired) electrons. The molecule has 0 heterocycles. The van der Waals surface area contributed by atoms with Crippen molar-refractivity contribution in [3.63, 3.8) is 0 Å². The smallest absolute Gasteiger partial charge is 0.325 e. The zero-order valence-corrected chi connectivity index (χ0v) is 11.9. The number of nitrogens with one attached hydrogen (secondary N) is 1. The van der Waals surface area contributed by atoms with Crippen molar-refractivity contribution in [2.75, 3.05) is 20.4 Å². The lowest BCUT2D eigenvalue weighted by Gasteiger charge is -2.17. The van der Waals surface area contributed by atoms with E-state index < -0.39 is 18.2 Å². The van der Waals surface area contributed by atoms with E-state index in [1.165, 1.54) is 7.11 Å². The van der Waals surface area contributed by atoms with E-state index in [2.05, 4.69) is 10.1 Å². The predicted octanol–water partition coefficient (Wildman–Crippen LogP) is -0.208. The number of ether oxygens (including phenoxy) is 3. The van der Waals surface area contributed by atoms with E-state index in [0.717, 1.165) is 5.56 Å². The number of hydrogen-bond acceptors (Lipinski definition) is 7. The first-order valence-corrected chi connectivity index (χ1v) is 6.45. The first-order chi connectivity index (χ1) is 10.2. The molecule has 7 nitrogen and oxygen atoms in total. The van der Waals surface area contributed by atoms with Gasteiger partial charge < -0.3 is 19.9 Å². The highest BCUT2D eigenvalue weighted by molar-refractivity contribution is 5.75. The van der Waals surface area contributed by atoms with Crippen LogP contribution < -0.4 is 11.1 Å². The second-order valence-corrected chi connectivity index (χ2v) is 4.26. The van der Waals surface area contributed by atoms with E-state index in [9.17, 15) is 9.59 Å². The summed E-state index contributed by atoms with van der Waals surface area (Å²) in [6.45, 7) is 0.482. The van der Waals surface area contributed by atoms with Crippen molar-refractivity contribution in [1.29, 1.82) is 0 Å². The molecule has 0 saturated heterocycles. The van der Waals surface area contributed by atoms with Crippen LogP contribution in [0.4, 0.5) is 0 Å². The monoisotopic (exact) mass is 296 g/mol. The van der Waals surface area contributed by atoms with Crippen LogP contribution in [0.1, 0.15) is 5.56 Å². The number of esters is 1. The van der Waals surface area contributed by atoms with Crippen molar-refractivity contribution in [2.45, 2.75) is 18.7 Å². The average molecular weight is 296 g/mol. The van der Waals surface area contributed by atoms with Gasteiger partial charge in [-0.3, -0.25) is 14.9 Å². The van der Waals surface area contributed by atoms with Gasteiger partial charge in [-0.25, -0.2) is 0 Å². The van der Waals surface area contributed by atoms with Crippen LogP contribution in [-0.2, 0) is 30.2 Å². The van der Waals surface area contributed by atoms with Gasteiger partial charge in [-0.1, -0.05) is 30.3 Å². The van der Waals surface area contributed by atoms with Gasteiger partial charge in [-0.05, 0) is 5.56 Å². The first-order valence-electron chi connectivity index (χ1n) is 6.45. The molecule has 21 heavy (non-hydrogen) atoms. The summed E-state index contributed by atoms with van der Waals surface area (Å²) in [5, 5.41) is 2.90. The van der Waals surface area contributed by atoms with E-state index in [0.29, 0.717) is 12.9 Å². The molecule has 1 aromatic rings. The number of rotatable bonds is 10. The Bertz CT molecular complexity index is 427. The number of carbonyl (C=O) groups is 2. The molecule has 1 aromatic carbocycles. The van der Waals surface area contributed by atoms with Crippen LogP contribution in [0.2, 0.25) is 0 Å². The summed E-state index contributed by atoms with van der Waals surface area (Å²) >= 11 is 0. The van der Waals surface area contributed by atoms with Crippen molar-refractivity contribution in [1.82, 2.24) is 5.32 Å². The van der Waals surface area contributed by atoms with E-state index in [1.807, 2.05) is 30.3 Å². The third-order valence-corrected chi connectivity index (χ3v) is 2.70. The first kappa shape index (κ1) is 17.1. The molecule has 0 fully saturated rings. The standard InChI is InChI=1S/C14H20N2O5/c1-19-14(18)12(15)8-20-9-16-13(21-10-17)7-11-5-3-2-4-6-11/h2-6,10,12-13,16H,7-9,15H2,1H3. The highest BCUT2D eigenvalue weighted by atomic mass is 16.6. The maximum absolute atomic E-state index is 11.1.